The lowest BCUT2D eigenvalue weighted by Gasteiger charge is -2.13. The molecule has 0 bridgehead atoms. The third kappa shape index (κ3) is 4.14. The summed E-state index contributed by atoms with van der Waals surface area (Å²) in [5.74, 6) is 0.0204. The van der Waals surface area contributed by atoms with Crippen molar-refractivity contribution in [3.8, 4) is 0 Å². The first-order valence-electron chi connectivity index (χ1n) is 9.09. The highest BCUT2D eigenvalue weighted by Gasteiger charge is 2.33. The van der Waals surface area contributed by atoms with Crippen LogP contribution in [0.4, 0.5) is 0 Å². The van der Waals surface area contributed by atoms with Crippen molar-refractivity contribution >= 4 is 33.3 Å². The lowest BCUT2D eigenvalue weighted by atomic mass is 10.1. The highest BCUT2D eigenvalue weighted by Crippen LogP contribution is 2.29. The summed E-state index contributed by atoms with van der Waals surface area (Å²) in [6.07, 6.45) is 4.03. The van der Waals surface area contributed by atoms with Crippen molar-refractivity contribution in [1.82, 2.24) is 20.1 Å². The first-order valence-corrected chi connectivity index (χ1v) is 11.9. The highest BCUT2D eigenvalue weighted by atomic mass is 32.2. The Morgan fingerprint density at radius 1 is 1.29 bits per heavy atom. The van der Waals surface area contributed by atoms with Crippen molar-refractivity contribution < 1.29 is 22.4 Å². The first kappa shape index (κ1) is 19.2. The number of hydrogen-bond acceptors (Lipinski definition) is 8. The van der Waals surface area contributed by atoms with Gasteiger partial charge in [-0.2, -0.15) is 0 Å². The molecule has 2 aliphatic heterocycles. The zero-order valence-electron chi connectivity index (χ0n) is 15.1. The standard InChI is InChI=1S/C17H20N4O5S2/c22-14(12-7-13(18-8-12)16(23)21-4-1-2-5-21)9-27-17-20-19-15(26-17)11-3-6-28(24,25)10-11/h7-8,11,18H,1-6,9-10H2. The number of amides is 1. The fourth-order valence-corrected chi connectivity index (χ4v) is 5.81. The molecule has 28 heavy (non-hydrogen) atoms. The second-order valence-electron chi connectivity index (χ2n) is 7.02. The summed E-state index contributed by atoms with van der Waals surface area (Å²) >= 11 is 1.10. The average molecular weight is 425 g/mol. The van der Waals surface area contributed by atoms with Gasteiger partial charge in [0.1, 0.15) is 5.69 Å². The molecule has 1 atom stereocenters. The lowest BCUT2D eigenvalue weighted by Crippen LogP contribution is -2.27. The molecule has 2 aromatic heterocycles. The second-order valence-corrected chi connectivity index (χ2v) is 10.2. The molecular formula is C17H20N4O5S2. The second kappa shape index (κ2) is 7.70. The number of aromatic amines is 1. The number of sulfone groups is 1. The van der Waals surface area contributed by atoms with Crippen LogP contribution in [-0.2, 0) is 9.84 Å². The monoisotopic (exact) mass is 424 g/mol. The molecule has 2 fully saturated rings. The number of hydrogen-bond donors (Lipinski definition) is 1. The van der Waals surface area contributed by atoms with Gasteiger partial charge in [-0.05, 0) is 25.3 Å². The van der Waals surface area contributed by atoms with E-state index in [1.54, 1.807) is 11.0 Å². The van der Waals surface area contributed by atoms with Crippen LogP contribution < -0.4 is 0 Å². The molecule has 150 valence electrons. The summed E-state index contributed by atoms with van der Waals surface area (Å²) in [5, 5.41) is 8.04. The molecule has 0 aromatic carbocycles. The van der Waals surface area contributed by atoms with Crippen molar-refractivity contribution in [3.05, 3.63) is 29.4 Å². The predicted molar refractivity (Wildman–Crippen MR) is 101 cm³/mol. The number of aromatic nitrogens is 3. The maximum Gasteiger partial charge on any atom is 0.277 e. The van der Waals surface area contributed by atoms with E-state index >= 15 is 0 Å². The maximum absolute atomic E-state index is 12.4. The number of likely N-dealkylation sites (tertiary alicyclic amines) is 1. The van der Waals surface area contributed by atoms with Gasteiger partial charge in [0.2, 0.25) is 5.89 Å². The number of nitrogens with zero attached hydrogens (tertiary/aromatic N) is 3. The molecule has 0 aliphatic carbocycles. The van der Waals surface area contributed by atoms with Gasteiger partial charge in [0.25, 0.3) is 11.1 Å². The largest absolute Gasteiger partial charge is 0.416 e. The van der Waals surface area contributed by atoms with Crippen molar-refractivity contribution in [2.75, 3.05) is 30.3 Å². The van der Waals surface area contributed by atoms with Crippen molar-refractivity contribution in [1.29, 1.82) is 0 Å². The Hall–Kier alpha value is -2.14. The number of Topliss-reactive ketones (excluding diaryl/α,β-unsaturated/α-hetero) is 1. The SMILES string of the molecule is O=C(CSc1nnc(C2CCS(=O)(=O)C2)o1)c1c[nH]c(C(=O)N2CCCC2)c1. The molecule has 1 N–H and O–H groups in total. The van der Waals surface area contributed by atoms with Gasteiger partial charge in [-0.1, -0.05) is 11.8 Å². The molecule has 11 heteroatoms. The molecule has 1 unspecified atom stereocenters. The van der Waals surface area contributed by atoms with E-state index in [1.165, 1.54) is 6.20 Å². The Bertz CT molecular complexity index is 991. The van der Waals surface area contributed by atoms with Crippen LogP contribution in [0.1, 0.15) is 51.9 Å². The molecule has 9 nitrogen and oxygen atoms in total. The van der Waals surface area contributed by atoms with E-state index in [4.69, 9.17) is 4.42 Å². The van der Waals surface area contributed by atoms with Crippen LogP contribution in [0.5, 0.6) is 0 Å². The van der Waals surface area contributed by atoms with Gasteiger partial charge in [-0.3, -0.25) is 9.59 Å². The minimum Gasteiger partial charge on any atom is -0.416 e. The number of nitrogens with one attached hydrogen (secondary N) is 1. The summed E-state index contributed by atoms with van der Waals surface area (Å²) in [5.41, 5.74) is 0.842. The molecule has 1 amide bonds. The van der Waals surface area contributed by atoms with E-state index in [-0.39, 0.29) is 40.1 Å². The van der Waals surface area contributed by atoms with Crippen LogP contribution in [0.15, 0.2) is 21.9 Å². The number of ketones is 1. The van der Waals surface area contributed by atoms with Crippen LogP contribution >= 0.6 is 11.8 Å². The number of rotatable bonds is 6. The van der Waals surface area contributed by atoms with Crippen LogP contribution in [0, 0.1) is 0 Å². The summed E-state index contributed by atoms with van der Waals surface area (Å²) in [6.45, 7) is 1.50. The van der Waals surface area contributed by atoms with E-state index in [9.17, 15) is 18.0 Å². The molecule has 2 aromatic rings. The molecule has 4 rings (SSSR count). The minimum absolute atomic E-state index is 0.0232. The van der Waals surface area contributed by atoms with Gasteiger partial charge >= 0.3 is 0 Å². The zero-order chi connectivity index (χ0) is 19.7. The van der Waals surface area contributed by atoms with Gasteiger partial charge in [0, 0.05) is 24.8 Å². The fraction of sp³-hybridized carbons (Fsp3) is 0.529. The van der Waals surface area contributed by atoms with Crippen molar-refractivity contribution in [2.24, 2.45) is 0 Å². The summed E-state index contributed by atoms with van der Waals surface area (Å²) in [6, 6.07) is 1.58. The molecule has 0 spiro atoms. The highest BCUT2D eigenvalue weighted by molar-refractivity contribution is 7.99. The van der Waals surface area contributed by atoms with Gasteiger partial charge in [0.15, 0.2) is 15.6 Å². The van der Waals surface area contributed by atoms with E-state index < -0.39 is 9.84 Å². The molecule has 0 radical (unpaired) electrons. The summed E-state index contributed by atoms with van der Waals surface area (Å²) in [4.78, 5) is 29.4. The number of carbonyl (C=O) groups is 2. The third-order valence-corrected chi connectivity index (χ3v) is 7.55. The van der Waals surface area contributed by atoms with E-state index in [2.05, 4.69) is 15.2 Å². The number of H-pyrrole nitrogens is 1. The van der Waals surface area contributed by atoms with Crippen molar-refractivity contribution in [3.63, 3.8) is 0 Å². The van der Waals surface area contributed by atoms with Crippen LogP contribution in [0.2, 0.25) is 0 Å². The Labute approximate surface area is 166 Å². The quantitative estimate of drug-likeness (QED) is 0.546. The molecule has 2 aliphatic rings. The van der Waals surface area contributed by atoms with Gasteiger partial charge in [0.05, 0.1) is 23.2 Å². The topological polar surface area (TPSA) is 126 Å². The Balaban J connectivity index is 1.33. The molecular weight excluding hydrogens is 404 g/mol. The Morgan fingerprint density at radius 3 is 2.79 bits per heavy atom. The lowest BCUT2D eigenvalue weighted by molar-refractivity contribution is 0.0787. The average Bonchev–Trinajstić information content (AvgIpc) is 3.45. The van der Waals surface area contributed by atoms with Crippen LogP contribution in [-0.4, -0.2) is 70.5 Å². The number of carbonyl (C=O) groups excluding carboxylic acids is 2. The fourth-order valence-electron chi connectivity index (χ4n) is 3.41. The van der Waals surface area contributed by atoms with Crippen molar-refractivity contribution in [2.45, 2.75) is 30.4 Å². The first-order chi connectivity index (χ1) is 13.4. The van der Waals surface area contributed by atoms with Gasteiger partial charge in [-0.15, -0.1) is 10.2 Å². The van der Waals surface area contributed by atoms with Gasteiger partial charge < -0.3 is 14.3 Å². The maximum atomic E-state index is 12.4. The smallest absolute Gasteiger partial charge is 0.277 e. The van der Waals surface area contributed by atoms with E-state index in [0.717, 1.165) is 37.7 Å². The molecule has 4 heterocycles. The third-order valence-electron chi connectivity index (χ3n) is 4.96. The summed E-state index contributed by atoms with van der Waals surface area (Å²) < 4.78 is 28.6. The zero-order valence-corrected chi connectivity index (χ0v) is 16.7. The predicted octanol–water partition coefficient (Wildman–Crippen LogP) is 1.51. The minimum atomic E-state index is -3.03. The Morgan fingerprint density at radius 2 is 2.07 bits per heavy atom. The summed E-state index contributed by atoms with van der Waals surface area (Å²) in [7, 11) is -3.03. The normalized spacial score (nSPS) is 21.3. The van der Waals surface area contributed by atoms with Crippen LogP contribution in [0.25, 0.3) is 0 Å². The Kier molecular flexibility index (Phi) is 5.28. The van der Waals surface area contributed by atoms with Crippen LogP contribution in [0.3, 0.4) is 0 Å². The molecule has 2 saturated heterocycles. The van der Waals surface area contributed by atoms with E-state index in [1.807, 2.05) is 0 Å². The number of thioether (sulfide) groups is 1. The van der Waals surface area contributed by atoms with Gasteiger partial charge in [-0.25, -0.2) is 8.42 Å². The molecule has 0 saturated carbocycles. The van der Waals surface area contributed by atoms with E-state index in [0.29, 0.717) is 23.6 Å².